The first-order valence-corrected chi connectivity index (χ1v) is 4.10. The predicted octanol–water partition coefficient (Wildman–Crippen LogP) is 2.70. The zero-order valence-corrected chi connectivity index (χ0v) is 6.66. The molecule has 0 radical (unpaired) electrons. The molecule has 1 atom stereocenters. The standard InChI is InChI=1S/C7H14S/c1-4-6-7(3)8-5-2/h4,6-7H,5H2,1-3H3. The molecule has 0 amide bonds. The van der Waals surface area contributed by atoms with E-state index in [2.05, 4.69) is 32.9 Å². The van der Waals surface area contributed by atoms with Gasteiger partial charge in [0.25, 0.3) is 0 Å². The summed E-state index contributed by atoms with van der Waals surface area (Å²) in [4.78, 5) is 0. The summed E-state index contributed by atoms with van der Waals surface area (Å²) in [6, 6.07) is 0. The van der Waals surface area contributed by atoms with Gasteiger partial charge in [0.05, 0.1) is 0 Å². The lowest BCUT2D eigenvalue weighted by Crippen LogP contribution is -1.88. The molecule has 0 aliphatic carbocycles. The molecule has 0 aromatic heterocycles. The summed E-state index contributed by atoms with van der Waals surface area (Å²) in [7, 11) is 0. The van der Waals surface area contributed by atoms with Gasteiger partial charge in [-0.3, -0.25) is 0 Å². The maximum absolute atomic E-state index is 2.22. The van der Waals surface area contributed by atoms with Crippen molar-refractivity contribution in [1.29, 1.82) is 0 Å². The third-order valence-corrected chi connectivity index (χ3v) is 1.91. The van der Waals surface area contributed by atoms with Gasteiger partial charge in [-0.05, 0) is 19.6 Å². The highest BCUT2D eigenvalue weighted by molar-refractivity contribution is 8.00. The van der Waals surface area contributed by atoms with Crippen molar-refractivity contribution in [2.24, 2.45) is 0 Å². The lowest BCUT2D eigenvalue weighted by atomic mass is 10.4. The second-order valence-corrected chi connectivity index (χ2v) is 3.34. The molecular weight excluding hydrogens is 116 g/mol. The highest BCUT2D eigenvalue weighted by Crippen LogP contribution is 2.09. The van der Waals surface area contributed by atoms with Crippen molar-refractivity contribution in [1.82, 2.24) is 0 Å². The monoisotopic (exact) mass is 130 g/mol. The zero-order valence-electron chi connectivity index (χ0n) is 5.85. The average Bonchev–Trinajstić information content (AvgIpc) is 1.68. The largest absolute Gasteiger partial charge is 0.155 e. The summed E-state index contributed by atoms with van der Waals surface area (Å²) in [5.41, 5.74) is 0. The molecule has 0 N–H and O–H groups in total. The van der Waals surface area contributed by atoms with Crippen molar-refractivity contribution >= 4 is 11.8 Å². The van der Waals surface area contributed by atoms with Crippen LogP contribution in [0.4, 0.5) is 0 Å². The molecule has 0 saturated carbocycles. The second-order valence-electron chi connectivity index (χ2n) is 1.69. The minimum absolute atomic E-state index is 0.699. The zero-order chi connectivity index (χ0) is 6.41. The molecule has 0 saturated heterocycles. The summed E-state index contributed by atoms with van der Waals surface area (Å²) in [6.07, 6.45) is 4.32. The normalized spacial score (nSPS) is 14.9. The quantitative estimate of drug-likeness (QED) is 0.529. The van der Waals surface area contributed by atoms with Gasteiger partial charge in [-0.1, -0.05) is 19.1 Å². The van der Waals surface area contributed by atoms with Crippen LogP contribution in [0.3, 0.4) is 0 Å². The number of hydrogen-bond acceptors (Lipinski definition) is 1. The molecule has 0 fully saturated rings. The second kappa shape index (κ2) is 5.23. The molecule has 0 aliphatic heterocycles. The Labute approximate surface area is 56.4 Å². The van der Waals surface area contributed by atoms with Crippen molar-refractivity contribution in [3.05, 3.63) is 12.2 Å². The molecule has 0 heterocycles. The van der Waals surface area contributed by atoms with E-state index in [-0.39, 0.29) is 0 Å². The molecule has 0 aromatic rings. The van der Waals surface area contributed by atoms with Crippen LogP contribution in [0, 0.1) is 0 Å². The molecule has 0 rings (SSSR count). The van der Waals surface area contributed by atoms with Gasteiger partial charge in [0.2, 0.25) is 0 Å². The Morgan fingerprint density at radius 1 is 1.62 bits per heavy atom. The molecule has 0 aromatic carbocycles. The van der Waals surface area contributed by atoms with E-state index in [1.165, 1.54) is 5.75 Å². The molecule has 1 heteroatoms. The van der Waals surface area contributed by atoms with Gasteiger partial charge in [-0.2, -0.15) is 11.8 Å². The molecule has 0 bridgehead atoms. The Morgan fingerprint density at radius 3 is 2.62 bits per heavy atom. The summed E-state index contributed by atoms with van der Waals surface area (Å²) in [5, 5.41) is 0.699. The van der Waals surface area contributed by atoms with Crippen LogP contribution in [-0.4, -0.2) is 11.0 Å². The Kier molecular flexibility index (Phi) is 5.29. The van der Waals surface area contributed by atoms with Gasteiger partial charge in [-0.15, -0.1) is 0 Å². The van der Waals surface area contributed by atoms with E-state index in [1.54, 1.807) is 0 Å². The van der Waals surface area contributed by atoms with Crippen molar-refractivity contribution in [2.75, 3.05) is 5.75 Å². The predicted molar refractivity (Wildman–Crippen MR) is 42.4 cm³/mol. The summed E-state index contributed by atoms with van der Waals surface area (Å²) in [5.74, 6) is 1.21. The Bertz CT molecular complexity index is 66.8. The highest BCUT2D eigenvalue weighted by atomic mass is 32.2. The van der Waals surface area contributed by atoms with E-state index in [0.29, 0.717) is 5.25 Å². The maximum Gasteiger partial charge on any atom is 0.0198 e. The van der Waals surface area contributed by atoms with E-state index >= 15 is 0 Å². The first-order valence-electron chi connectivity index (χ1n) is 3.05. The fourth-order valence-corrected chi connectivity index (χ4v) is 1.38. The van der Waals surface area contributed by atoms with E-state index in [9.17, 15) is 0 Å². The van der Waals surface area contributed by atoms with Crippen LogP contribution in [0.2, 0.25) is 0 Å². The van der Waals surface area contributed by atoms with Crippen molar-refractivity contribution in [3.8, 4) is 0 Å². The van der Waals surface area contributed by atoms with Crippen LogP contribution in [0.1, 0.15) is 20.8 Å². The Balaban J connectivity index is 3.17. The third kappa shape index (κ3) is 4.25. The van der Waals surface area contributed by atoms with Crippen LogP contribution in [-0.2, 0) is 0 Å². The Hall–Kier alpha value is 0.0900. The van der Waals surface area contributed by atoms with Gasteiger partial charge in [0.15, 0.2) is 0 Å². The smallest absolute Gasteiger partial charge is 0.0198 e. The SMILES string of the molecule is CC=CC(C)SCC. The van der Waals surface area contributed by atoms with Crippen LogP contribution in [0.15, 0.2) is 12.2 Å². The van der Waals surface area contributed by atoms with Crippen LogP contribution < -0.4 is 0 Å². The number of allylic oxidation sites excluding steroid dienone is 1. The summed E-state index contributed by atoms with van der Waals surface area (Å²) < 4.78 is 0. The minimum atomic E-state index is 0.699. The molecular formula is C7H14S. The molecule has 8 heavy (non-hydrogen) atoms. The maximum atomic E-state index is 2.22. The lowest BCUT2D eigenvalue weighted by Gasteiger charge is -1.99. The van der Waals surface area contributed by atoms with Gasteiger partial charge in [-0.25, -0.2) is 0 Å². The van der Waals surface area contributed by atoms with Gasteiger partial charge < -0.3 is 0 Å². The van der Waals surface area contributed by atoms with Crippen LogP contribution in [0.5, 0.6) is 0 Å². The van der Waals surface area contributed by atoms with Crippen molar-refractivity contribution in [2.45, 2.75) is 26.0 Å². The van der Waals surface area contributed by atoms with E-state index in [4.69, 9.17) is 0 Å². The van der Waals surface area contributed by atoms with Gasteiger partial charge >= 0.3 is 0 Å². The van der Waals surface area contributed by atoms with Gasteiger partial charge in [0, 0.05) is 5.25 Å². The third-order valence-electron chi connectivity index (χ3n) is 0.893. The highest BCUT2D eigenvalue weighted by Gasteiger charge is 1.90. The molecule has 0 nitrogen and oxygen atoms in total. The molecule has 48 valence electrons. The first kappa shape index (κ1) is 8.09. The Morgan fingerprint density at radius 2 is 2.25 bits per heavy atom. The molecule has 0 spiro atoms. The number of rotatable bonds is 3. The number of thioether (sulfide) groups is 1. The van der Waals surface area contributed by atoms with Crippen molar-refractivity contribution < 1.29 is 0 Å². The van der Waals surface area contributed by atoms with Crippen molar-refractivity contribution in [3.63, 3.8) is 0 Å². The summed E-state index contributed by atoms with van der Waals surface area (Å²) in [6.45, 7) is 6.46. The molecule has 0 aliphatic rings. The van der Waals surface area contributed by atoms with E-state index in [1.807, 2.05) is 11.8 Å². The average molecular weight is 130 g/mol. The van der Waals surface area contributed by atoms with Crippen LogP contribution in [0.25, 0.3) is 0 Å². The van der Waals surface area contributed by atoms with E-state index in [0.717, 1.165) is 0 Å². The van der Waals surface area contributed by atoms with E-state index < -0.39 is 0 Å². The van der Waals surface area contributed by atoms with Gasteiger partial charge in [0.1, 0.15) is 0 Å². The minimum Gasteiger partial charge on any atom is -0.155 e. The topological polar surface area (TPSA) is 0 Å². The molecule has 1 unspecified atom stereocenters. The number of hydrogen-bond donors (Lipinski definition) is 0. The first-order chi connectivity index (χ1) is 3.81. The lowest BCUT2D eigenvalue weighted by molar-refractivity contribution is 1.23. The fraction of sp³-hybridized carbons (Fsp3) is 0.714. The summed E-state index contributed by atoms with van der Waals surface area (Å²) >= 11 is 1.97. The fourth-order valence-electron chi connectivity index (χ4n) is 0.589. The van der Waals surface area contributed by atoms with Crippen LogP contribution >= 0.6 is 11.8 Å².